The van der Waals surface area contributed by atoms with E-state index in [1.807, 2.05) is 17.8 Å². The minimum absolute atomic E-state index is 0.00593. The first-order valence-electron chi connectivity index (χ1n) is 8.25. The summed E-state index contributed by atoms with van der Waals surface area (Å²) in [5, 5.41) is 1.02. The number of piperidine rings is 1. The van der Waals surface area contributed by atoms with Crippen LogP contribution in [0.15, 0.2) is 30.6 Å². The van der Waals surface area contributed by atoms with Gasteiger partial charge in [-0.1, -0.05) is 17.4 Å². The number of rotatable bonds is 3. The normalized spacial score (nSPS) is 18.2. The average molecular weight is 340 g/mol. The molecule has 124 valence electrons. The highest BCUT2D eigenvalue weighted by molar-refractivity contribution is 7.22. The van der Waals surface area contributed by atoms with Gasteiger partial charge in [-0.25, -0.2) is 9.97 Å². The number of benzene rings is 1. The molecule has 3 aromatic rings. The van der Waals surface area contributed by atoms with E-state index >= 15 is 0 Å². The molecule has 1 fully saturated rings. The monoisotopic (exact) mass is 340 g/mol. The number of nitrogens with zero attached hydrogens (tertiary/aromatic N) is 4. The molecule has 0 unspecified atom stereocenters. The molecule has 3 heterocycles. The SMILES string of the molecule is Cc1ccc2nc(N3CCC[C@@H](C(=O)c4nccn4C)C3)sc2c1. The van der Waals surface area contributed by atoms with E-state index in [0.29, 0.717) is 5.82 Å². The molecule has 0 aliphatic carbocycles. The van der Waals surface area contributed by atoms with Crippen LogP contribution in [0.1, 0.15) is 29.0 Å². The third kappa shape index (κ3) is 2.71. The number of aromatic nitrogens is 3. The third-order valence-corrected chi connectivity index (χ3v) is 5.72. The summed E-state index contributed by atoms with van der Waals surface area (Å²) in [7, 11) is 1.87. The molecule has 24 heavy (non-hydrogen) atoms. The van der Waals surface area contributed by atoms with Gasteiger partial charge in [-0.2, -0.15) is 0 Å². The lowest BCUT2D eigenvalue weighted by atomic mass is 9.93. The largest absolute Gasteiger partial charge is 0.347 e. The molecule has 6 heteroatoms. The topological polar surface area (TPSA) is 51.0 Å². The number of thiazole rings is 1. The van der Waals surface area contributed by atoms with Crippen LogP contribution in [0.5, 0.6) is 0 Å². The van der Waals surface area contributed by atoms with E-state index in [-0.39, 0.29) is 11.7 Å². The highest BCUT2D eigenvalue weighted by Crippen LogP contribution is 2.32. The Labute approximate surface area is 145 Å². The van der Waals surface area contributed by atoms with E-state index in [0.717, 1.165) is 36.6 Å². The first kappa shape index (κ1) is 15.3. The van der Waals surface area contributed by atoms with Crippen LogP contribution in [0.4, 0.5) is 5.13 Å². The van der Waals surface area contributed by atoms with Crippen LogP contribution >= 0.6 is 11.3 Å². The highest BCUT2D eigenvalue weighted by atomic mass is 32.1. The fourth-order valence-corrected chi connectivity index (χ4v) is 4.40. The molecule has 1 atom stereocenters. The first-order chi connectivity index (χ1) is 11.6. The maximum atomic E-state index is 12.7. The van der Waals surface area contributed by atoms with E-state index < -0.39 is 0 Å². The Morgan fingerprint density at radius 1 is 1.38 bits per heavy atom. The van der Waals surface area contributed by atoms with Gasteiger partial charge >= 0.3 is 0 Å². The molecule has 1 aromatic carbocycles. The minimum atomic E-state index is -0.00593. The van der Waals surface area contributed by atoms with Crippen molar-refractivity contribution in [3.8, 4) is 0 Å². The van der Waals surface area contributed by atoms with E-state index in [1.165, 1.54) is 10.3 Å². The maximum absolute atomic E-state index is 12.7. The second kappa shape index (κ2) is 6.02. The number of carbonyl (C=O) groups is 1. The predicted octanol–water partition coefficient (Wildman–Crippen LogP) is 3.44. The summed E-state index contributed by atoms with van der Waals surface area (Å²) in [6.45, 7) is 3.79. The van der Waals surface area contributed by atoms with Crippen LogP contribution in [-0.2, 0) is 7.05 Å². The van der Waals surface area contributed by atoms with Crippen molar-refractivity contribution in [3.63, 3.8) is 0 Å². The van der Waals surface area contributed by atoms with Crippen molar-refractivity contribution < 1.29 is 4.79 Å². The van der Waals surface area contributed by atoms with Gasteiger partial charge in [-0.15, -0.1) is 0 Å². The van der Waals surface area contributed by atoms with Gasteiger partial charge in [0.15, 0.2) is 11.0 Å². The van der Waals surface area contributed by atoms with Gasteiger partial charge in [0.2, 0.25) is 5.78 Å². The van der Waals surface area contributed by atoms with Crippen molar-refractivity contribution in [2.24, 2.45) is 13.0 Å². The van der Waals surface area contributed by atoms with Gasteiger partial charge in [0.05, 0.1) is 10.2 Å². The Hall–Kier alpha value is -2.21. The number of ketones is 1. The molecule has 0 amide bonds. The smallest absolute Gasteiger partial charge is 0.203 e. The van der Waals surface area contributed by atoms with Crippen molar-refractivity contribution in [3.05, 3.63) is 42.0 Å². The van der Waals surface area contributed by atoms with Crippen molar-refractivity contribution in [1.29, 1.82) is 0 Å². The minimum Gasteiger partial charge on any atom is -0.347 e. The second-order valence-corrected chi connectivity index (χ2v) is 7.49. The van der Waals surface area contributed by atoms with Gasteiger partial charge in [-0.05, 0) is 37.5 Å². The first-order valence-corrected chi connectivity index (χ1v) is 9.07. The number of fused-ring (bicyclic) bond motifs is 1. The summed E-state index contributed by atoms with van der Waals surface area (Å²) in [5.41, 5.74) is 2.29. The lowest BCUT2D eigenvalue weighted by molar-refractivity contribution is 0.0893. The van der Waals surface area contributed by atoms with E-state index in [4.69, 9.17) is 4.98 Å². The Morgan fingerprint density at radius 2 is 2.25 bits per heavy atom. The molecular formula is C18H20N4OS. The maximum Gasteiger partial charge on any atom is 0.203 e. The van der Waals surface area contributed by atoms with Crippen molar-refractivity contribution in [2.75, 3.05) is 18.0 Å². The molecule has 0 bridgehead atoms. The predicted molar refractivity (Wildman–Crippen MR) is 96.8 cm³/mol. The summed E-state index contributed by atoms with van der Waals surface area (Å²) < 4.78 is 3.02. The number of imidazole rings is 1. The molecular weight excluding hydrogens is 320 g/mol. The number of hydrogen-bond donors (Lipinski definition) is 0. The zero-order valence-electron chi connectivity index (χ0n) is 13.9. The summed E-state index contributed by atoms with van der Waals surface area (Å²) in [6.07, 6.45) is 5.44. The van der Waals surface area contributed by atoms with Gasteiger partial charge in [0, 0.05) is 38.4 Å². The number of carbonyl (C=O) groups excluding carboxylic acids is 1. The van der Waals surface area contributed by atoms with Gasteiger partial charge < -0.3 is 9.47 Å². The Balaban J connectivity index is 1.57. The fourth-order valence-electron chi connectivity index (χ4n) is 3.31. The number of anilines is 1. The van der Waals surface area contributed by atoms with Crippen molar-refractivity contribution >= 4 is 32.5 Å². The quantitative estimate of drug-likeness (QED) is 0.685. The second-order valence-electron chi connectivity index (χ2n) is 6.48. The Kier molecular flexibility index (Phi) is 3.84. The standard InChI is InChI=1S/C18H20N4OS/c1-12-5-6-14-15(10-12)24-18(20-14)22-8-3-4-13(11-22)16(23)17-19-7-9-21(17)2/h5-7,9-10,13H,3-4,8,11H2,1-2H3/t13-/m1/s1. The van der Waals surface area contributed by atoms with E-state index in [9.17, 15) is 4.79 Å². The molecule has 5 nitrogen and oxygen atoms in total. The number of aryl methyl sites for hydroxylation is 2. The summed E-state index contributed by atoms with van der Waals surface area (Å²) in [6, 6.07) is 6.34. The zero-order chi connectivity index (χ0) is 16.7. The van der Waals surface area contributed by atoms with E-state index in [1.54, 1.807) is 17.5 Å². The molecule has 2 aromatic heterocycles. The van der Waals surface area contributed by atoms with E-state index in [2.05, 4.69) is 35.0 Å². The fraction of sp³-hybridized carbons (Fsp3) is 0.389. The van der Waals surface area contributed by atoms with Crippen LogP contribution in [-0.4, -0.2) is 33.4 Å². The zero-order valence-corrected chi connectivity index (χ0v) is 14.7. The molecule has 0 spiro atoms. The average Bonchev–Trinajstić information content (AvgIpc) is 3.20. The van der Waals surface area contributed by atoms with Crippen LogP contribution in [0.25, 0.3) is 10.2 Å². The van der Waals surface area contributed by atoms with Crippen molar-refractivity contribution in [1.82, 2.24) is 14.5 Å². The molecule has 1 aliphatic rings. The highest BCUT2D eigenvalue weighted by Gasteiger charge is 2.29. The lowest BCUT2D eigenvalue weighted by Crippen LogP contribution is -2.39. The lowest BCUT2D eigenvalue weighted by Gasteiger charge is -2.31. The molecule has 0 saturated carbocycles. The number of Topliss-reactive ketones (excluding diaryl/α,β-unsaturated/α-hetero) is 1. The molecule has 0 N–H and O–H groups in total. The molecule has 0 radical (unpaired) electrons. The van der Waals surface area contributed by atoms with Crippen LogP contribution in [0, 0.1) is 12.8 Å². The summed E-state index contributed by atoms with van der Waals surface area (Å²) in [5.74, 6) is 0.694. The van der Waals surface area contributed by atoms with Gasteiger partial charge in [0.25, 0.3) is 0 Å². The third-order valence-electron chi connectivity index (χ3n) is 4.64. The van der Waals surface area contributed by atoms with Crippen molar-refractivity contribution in [2.45, 2.75) is 19.8 Å². The Morgan fingerprint density at radius 3 is 3.04 bits per heavy atom. The molecule has 1 aliphatic heterocycles. The number of hydrogen-bond acceptors (Lipinski definition) is 5. The molecule has 1 saturated heterocycles. The van der Waals surface area contributed by atoms with Crippen LogP contribution in [0.3, 0.4) is 0 Å². The summed E-state index contributed by atoms with van der Waals surface area (Å²) >= 11 is 1.72. The Bertz CT molecular complexity index is 897. The van der Waals surface area contributed by atoms with Crippen LogP contribution < -0.4 is 4.90 Å². The summed E-state index contributed by atoms with van der Waals surface area (Å²) in [4.78, 5) is 24.0. The van der Waals surface area contributed by atoms with Gasteiger partial charge in [0.1, 0.15) is 0 Å². The van der Waals surface area contributed by atoms with Crippen LogP contribution in [0.2, 0.25) is 0 Å². The van der Waals surface area contributed by atoms with Gasteiger partial charge in [-0.3, -0.25) is 4.79 Å². The molecule has 4 rings (SSSR count).